The van der Waals surface area contributed by atoms with Gasteiger partial charge in [0.25, 0.3) is 0 Å². The van der Waals surface area contributed by atoms with Gasteiger partial charge in [0.15, 0.2) is 0 Å². The minimum atomic E-state index is 0.273. The third-order valence-corrected chi connectivity index (χ3v) is 5.91. The average Bonchev–Trinajstić information content (AvgIpc) is 2.58. The molecule has 0 amide bonds. The van der Waals surface area contributed by atoms with Crippen molar-refractivity contribution in [1.82, 2.24) is 0 Å². The predicted octanol–water partition coefficient (Wildman–Crippen LogP) is 3.11. The fourth-order valence-corrected chi connectivity index (χ4v) is 5.12. The highest BCUT2D eigenvalue weighted by molar-refractivity contribution is 9.10. The third kappa shape index (κ3) is 1.10. The third-order valence-electron chi connectivity index (χ3n) is 4.63. The van der Waals surface area contributed by atoms with Gasteiger partial charge in [-0.2, -0.15) is 0 Å². The van der Waals surface area contributed by atoms with E-state index in [4.69, 9.17) is 0 Å². The Balaban J connectivity index is 2.03. The smallest absolute Gasteiger partial charge is 0.123 e. The maximum Gasteiger partial charge on any atom is 0.123 e. The number of hydrogen-bond donors (Lipinski definition) is 0. The Bertz CT molecular complexity index is 318. The van der Waals surface area contributed by atoms with Gasteiger partial charge in [-0.1, -0.05) is 28.8 Å². The lowest BCUT2D eigenvalue weighted by molar-refractivity contribution is 0.147. The molecular weight excluding hydrogens is 240 g/mol. The Hall–Kier alpha value is -0.0700. The van der Waals surface area contributed by atoms with E-state index in [9.17, 15) is 4.79 Å². The molecule has 14 heavy (non-hydrogen) atoms. The van der Waals surface area contributed by atoms with Gasteiger partial charge in [0.2, 0.25) is 0 Å². The molecule has 3 aliphatic rings. The van der Waals surface area contributed by atoms with Gasteiger partial charge in [0.1, 0.15) is 5.94 Å². The van der Waals surface area contributed by atoms with Gasteiger partial charge < -0.3 is 0 Å². The topological polar surface area (TPSA) is 17.1 Å². The van der Waals surface area contributed by atoms with Gasteiger partial charge in [-0.05, 0) is 37.5 Å². The van der Waals surface area contributed by atoms with Crippen LogP contribution in [0.15, 0.2) is 5.57 Å². The molecule has 0 aromatic rings. The summed E-state index contributed by atoms with van der Waals surface area (Å²) < 4.78 is 0.273. The summed E-state index contributed by atoms with van der Waals surface area (Å²) in [7, 11) is 0. The second-order valence-corrected chi connectivity index (χ2v) is 6.85. The molecule has 0 N–H and O–H groups in total. The molecule has 0 spiro atoms. The Labute approximate surface area is 93.1 Å². The molecule has 3 rings (SSSR count). The van der Waals surface area contributed by atoms with E-state index in [0.717, 1.165) is 23.8 Å². The van der Waals surface area contributed by atoms with E-state index in [0.29, 0.717) is 5.92 Å². The quantitative estimate of drug-likeness (QED) is 0.480. The van der Waals surface area contributed by atoms with E-state index >= 15 is 0 Å². The largest absolute Gasteiger partial charge is 0.234 e. The molecule has 1 nitrogen and oxygen atoms in total. The molecule has 0 heterocycles. The van der Waals surface area contributed by atoms with Gasteiger partial charge in [0.05, 0.1) is 0 Å². The van der Waals surface area contributed by atoms with E-state index in [1.165, 1.54) is 32.1 Å². The highest BCUT2D eigenvalue weighted by Gasteiger charge is 2.53. The van der Waals surface area contributed by atoms with Crippen molar-refractivity contribution in [1.29, 1.82) is 0 Å². The first-order valence-corrected chi connectivity index (χ1v) is 6.45. The minimum Gasteiger partial charge on any atom is -0.234 e. The van der Waals surface area contributed by atoms with Crippen LogP contribution < -0.4 is 0 Å². The number of fused-ring (bicyclic) bond motifs is 6. The number of carbonyl (C=O) groups excluding carboxylic acids is 1. The molecule has 3 saturated carbocycles. The second-order valence-electron chi connectivity index (χ2n) is 5.27. The van der Waals surface area contributed by atoms with Crippen molar-refractivity contribution in [2.24, 2.45) is 17.8 Å². The lowest BCUT2D eigenvalue weighted by Gasteiger charge is -2.45. The summed E-state index contributed by atoms with van der Waals surface area (Å²) in [5.74, 6) is 4.41. The molecule has 3 aliphatic carbocycles. The van der Waals surface area contributed by atoms with Gasteiger partial charge in [0, 0.05) is 15.8 Å². The van der Waals surface area contributed by atoms with E-state index in [1.54, 1.807) is 0 Å². The predicted molar refractivity (Wildman–Crippen MR) is 59.0 cm³/mol. The van der Waals surface area contributed by atoms with Crippen LogP contribution in [0.1, 0.15) is 38.5 Å². The van der Waals surface area contributed by atoms with E-state index < -0.39 is 0 Å². The van der Waals surface area contributed by atoms with Crippen LogP contribution in [-0.2, 0) is 4.79 Å². The Morgan fingerprint density at radius 3 is 3.07 bits per heavy atom. The van der Waals surface area contributed by atoms with Crippen LogP contribution in [0.4, 0.5) is 0 Å². The molecule has 4 atom stereocenters. The molecule has 0 saturated heterocycles. The molecule has 0 aromatic carbocycles. The van der Waals surface area contributed by atoms with Gasteiger partial charge in [-0.25, -0.2) is 4.79 Å². The first kappa shape index (κ1) is 9.18. The molecular formula is C12H15BrO. The SMILES string of the molecule is O=C=C1CC2CC1C1(Br)CCCC2C1. The number of alkyl halides is 1. The summed E-state index contributed by atoms with van der Waals surface area (Å²) in [6.45, 7) is 0. The van der Waals surface area contributed by atoms with Crippen LogP contribution in [0.2, 0.25) is 0 Å². The molecule has 0 radical (unpaired) electrons. The summed E-state index contributed by atoms with van der Waals surface area (Å²) in [6.07, 6.45) is 7.58. The maximum atomic E-state index is 10.9. The van der Waals surface area contributed by atoms with Crippen molar-refractivity contribution in [3.8, 4) is 0 Å². The minimum absolute atomic E-state index is 0.273. The Kier molecular flexibility index (Phi) is 1.94. The summed E-state index contributed by atoms with van der Waals surface area (Å²) in [4.78, 5) is 10.9. The first-order chi connectivity index (χ1) is 6.73. The van der Waals surface area contributed by atoms with Crippen molar-refractivity contribution in [3.63, 3.8) is 0 Å². The second kappa shape index (κ2) is 2.96. The summed E-state index contributed by atoms with van der Waals surface area (Å²) in [5, 5.41) is 0. The highest BCUT2D eigenvalue weighted by atomic mass is 79.9. The van der Waals surface area contributed by atoms with Gasteiger partial charge in [-0.15, -0.1) is 0 Å². The average molecular weight is 255 g/mol. The Morgan fingerprint density at radius 2 is 2.29 bits per heavy atom. The normalized spacial score (nSPS) is 50.4. The Morgan fingerprint density at radius 1 is 1.43 bits per heavy atom. The van der Waals surface area contributed by atoms with E-state index in [1.807, 2.05) is 0 Å². The zero-order valence-corrected chi connectivity index (χ0v) is 9.85. The first-order valence-electron chi connectivity index (χ1n) is 5.66. The fourth-order valence-electron chi connectivity index (χ4n) is 3.97. The number of allylic oxidation sites excluding steroid dienone is 1. The van der Waals surface area contributed by atoms with Gasteiger partial charge >= 0.3 is 0 Å². The highest BCUT2D eigenvalue weighted by Crippen LogP contribution is 2.60. The summed E-state index contributed by atoms with van der Waals surface area (Å²) >= 11 is 3.92. The van der Waals surface area contributed by atoms with Crippen molar-refractivity contribution >= 4 is 21.9 Å². The van der Waals surface area contributed by atoms with Crippen molar-refractivity contribution < 1.29 is 4.79 Å². The lowest BCUT2D eigenvalue weighted by Crippen LogP contribution is -2.41. The van der Waals surface area contributed by atoms with Gasteiger partial charge in [-0.3, -0.25) is 0 Å². The van der Waals surface area contributed by atoms with Crippen LogP contribution in [0.5, 0.6) is 0 Å². The lowest BCUT2D eigenvalue weighted by atomic mass is 9.66. The van der Waals surface area contributed by atoms with E-state index in [-0.39, 0.29) is 4.32 Å². The summed E-state index contributed by atoms with van der Waals surface area (Å²) in [5.41, 5.74) is 1.08. The van der Waals surface area contributed by atoms with Crippen molar-refractivity contribution in [2.75, 3.05) is 0 Å². The molecule has 0 aliphatic heterocycles. The molecule has 0 aromatic heterocycles. The number of rotatable bonds is 0. The standard InChI is InChI=1S/C12H15BrO/c13-12-3-1-2-8(6-12)9-4-10(7-14)11(12)5-9/h8-9,11H,1-6H2. The van der Waals surface area contributed by atoms with Crippen LogP contribution in [-0.4, -0.2) is 10.3 Å². The molecule has 4 unspecified atom stereocenters. The molecule has 2 heteroatoms. The number of hydrogen-bond acceptors (Lipinski definition) is 1. The zero-order valence-electron chi connectivity index (χ0n) is 8.26. The maximum absolute atomic E-state index is 10.9. The fraction of sp³-hybridized carbons (Fsp3) is 0.833. The van der Waals surface area contributed by atoms with Crippen LogP contribution in [0, 0.1) is 17.8 Å². The van der Waals surface area contributed by atoms with Crippen LogP contribution in [0.3, 0.4) is 0 Å². The van der Waals surface area contributed by atoms with Crippen LogP contribution >= 0.6 is 15.9 Å². The van der Waals surface area contributed by atoms with Crippen molar-refractivity contribution in [2.45, 2.75) is 42.8 Å². The molecule has 3 fully saturated rings. The van der Waals surface area contributed by atoms with E-state index in [2.05, 4.69) is 21.9 Å². The van der Waals surface area contributed by atoms with Crippen LogP contribution in [0.25, 0.3) is 0 Å². The monoisotopic (exact) mass is 254 g/mol. The number of halogens is 1. The molecule has 76 valence electrons. The summed E-state index contributed by atoms with van der Waals surface area (Å²) in [6, 6.07) is 0. The molecule has 4 bridgehead atoms. The zero-order chi connectivity index (χ0) is 9.76. The van der Waals surface area contributed by atoms with Crippen molar-refractivity contribution in [3.05, 3.63) is 5.57 Å².